The van der Waals surface area contributed by atoms with Gasteiger partial charge in [0, 0.05) is 16.4 Å². The van der Waals surface area contributed by atoms with Gasteiger partial charge in [-0.1, -0.05) is 25.5 Å². The van der Waals surface area contributed by atoms with Crippen LogP contribution in [0.2, 0.25) is 0 Å². The van der Waals surface area contributed by atoms with Crippen LogP contribution in [0, 0.1) is 0 Å². The largest absolute Gasteiger partial charge is 0.339 e. The van der Waals surface area contributed by atoms with Crippen LogP contribution in [0.5, 0.6) is 0 Å². The maximum atomic E-state index is 4.34. The zero-order valence-electron chi connectivity index (χ0n) is 10.8. The normalized spacial score (nSPS) is 10.5. The first-order valence-corrected chi connectivity index (χ1v) is 7.94. The van der Waals surface area contributed by atoms with E-state index in [1.54, 1.807) is 6.20 Å². The molecule has 0 bridgehead atoms. The van der Waals surface area contributed by atoms with Crippen molar-refractivity contribution in [2.24, 2.45) is 0 Å². The number of anilines is 2. The first kappa shape index (κ1) is 14.5. The summed E-state index contributed by atoms with van der Waals surface area (Å²) in [5, 5.41) is 3.30. The van der Waals surface area contributed by atoms with E-state index < -0.39 is 0 Å². The molecule has 2 rings (SSSR count). The molecule has 1 aromatic carbocycles. The van der Waals surface area contributed by atoms with E-state index in [9.17, 15) is 0 Å². The number of hydrogen-bond donors (Lipinski definition) is 1. The van der Waals surface area contributed by atoms with Crippen LogP contribution in [-0.2, 0) is 6.42 Å². The Morgan fingerprint density at radius 2 is 1.89 bits per heavy atom. The van der Waals surface area contributed by atoms with Crippen LogP contribution in [-0.4, -0.2) is 4.98 Å². The number of benzene rings is 1. The lowest BCUT2D eigenvalue weighted by Crippen LogP contribution is -1.95. The van der Waals surface area contributed by atoms with Gasteiger partial charge in [-0.3, -0.25) is 0 Å². The van der Waals surface area contributed by atoms with Crippen LogP contribution in [0.25, 0.3) is 0 Å². The molecule has 0 spiro atoms. The average molecular weight is 384 g/mol. The number of nitrogens with zero attached hydrogens (tertiary/aromatic N) is 1. The molecule has 0 radical (unpaired) electrons. The molecule has 100 valence electrons. The fraction of sp³-hybridized carbons (Fsp3) is 0.267. The van der Waals surface area contributed by atoms with Gasteiger partial charge in [-0.25, -0.2) is 4.98 Å². The summed E-state index contributed by atoms with van der Waals surface area (Å²) in [7, 11) is 0. The summed E-state index contributed by atoms with van der Waals surface area (Å²) < 4.78 is 1.90. The maximum absolute atomic E-state index is 4.34. The van der Waals surface area contributed by atoms with Crippen molar-refractivity contribution in [2.45, 2.75) is 26.2 Å². The van der Waals surface area contributed by atoms with Gasteiger partial charge < -0.3 is 5.32 Å². The molecule has 0 saturated heterocycles. The third-order valence-corrected chi connectivity index (χ3v) is 3.88. The fourth-order valence-electron chi connectivity index (χ4n) is 1.78. The predicted molar refractivity (Wildman–Crippen MR) is 88.0 cm³/mol. The second-order valence-corrected chi connectivity index (χ2v) is 6.18. The van der Waals surface area contributed by atoms with E-state index in [-0.39, 0.29) is 0 Å². The van der Waals surface area contributed by atoms with E-state index in [2.05, 4.69) is 73.3 Å². The number of hydrogen-bond acceptors (Lipinski definition) is 2. The Hall–Kier alpha value is -0.870. The van der Waals surface area contributed by atoms with Crippen molar-refractivity contribution in [3.05, 3.63) is 51.0 Å². The summed E-state index contributed by atoms with van der Waals surface area (Å²) in [6, 6.07) is 10.5. The third-order valence-electron chi connectivity index (χ3n) is 2.84. The first-order valence-electron chi connectivity index (χ1n) is 6.36. The summed E-state index contributed by atoms with van der Waals surface area (Å²) in [5.41, 5.74) is 2.44. The molecule has 19 heavy (non-hydrogen) atoms. The zero-order chi connectivity index (χ0) is 13.7. The van der Waals surface area contributed by atoms with Gasteiger partial charge in [-0.2, -0.15) is 0 Å². The number of halogens is 2. The highest BCUT2D eigenvalue weighted by molar-refractivity contribution is 9.11. The van der Waals surface area contributed by atoms with Gasteiger partial charge in [-0.15, -0.1) is 0 Å². The highest BCUT2D eigenvalue weighted by Gasteiger charge is 2.02. The van der Waals surface area contributed by atoms with Crippen molar-refractivity contribution in [3.63, 3.8) is 0 Å². The Kier molecular flexibility index (Phi) is 5.40. The molecule has 1 N–H and O–H groups in total. The smallest absolute Gasteiger partial charge is 0.144 e. The van der Waals surface area contributed by atoms with Gasteiger partial charge in [0.15, 0.2) is 0 Å². The van der Waals surface area contributed by atoms with Crippen LogP contribution >= 0.6 is 31.9 Å². The number of unbranched alkanes of at least 4 members (excludes halogenated alkanes) is 1. The molecule has 2 nitrogen and oxygen atoms in total. The Morgan fingerprint density at radius 3 is 2.53 bits per heavy atom. The van der Waals surface area contributed by atoms with E-state index in [4.69, 9.17) is 0 Å². The minimum atomic E-state index is 0.824. The molecule has 2 aromatic rings. The summed E-state index contributed by atoms with van der Waals surface area (Å²) in [6.45, 7) is 2.21. The quantitative estimate of drug-likeness (QED) is 0.716. The van der Waals surface area contributed by atoms with Gasteiger partial charge in [0.05, 0.1) is 4.47 Å². The highest BCUT2D eigenvalue weighted by atomic mass is 79.9. The van der Waals surface area contributed by atoms with Gasteiger partial charge in [0.25, 0.3) is 0 Å². The summed E-state index contributed by atoms with van der Waals surface area (Å²) in [5.74, 6) is 0.824. The molecule has 0 fully saturated rings. The van der Waals surface area contributed by atoms with Crippen molar-refractivity contribution in [3.8, 4) is 0 Å². The molecule has 4 heteroatoms. The Labute approximate surface area is 130 Å². The fourth-order valence-corrected chi connectivity index (χ4v) is 2.87. The second-order valence-electron chi connectivity index (χ2n) is 4.41. The molecule has 0 aliphatic heterocycles. The minimum absolute atomic E-state index is 0.824. The third kappa shape index (κ3) is 4.32. The molecule has 0 aliphatic rings. The number of rotatable bonds is 5. The van der Waals surface area contributed by atoms with Gasteiger partial charge >= 0.3 is 0 Å². The first-order chi connectivity index (χ1) is 9.19. The molecular weight excluding hydrogens is 368 g/mol. The van der Waals surface area contributed by atoms with E-state index in [1.165, 1.54) is 18.4 Å². The standard InChI is InChI=1S/C15H16Br2N2/c1-2-3-4-11-5-7-13(8-6-11)19-15-14(17)9-12(16)10-18-15/h5-10H,2-4H2,1H3,(H,18,19). The van der Waals surface area contributed by atoms with E-state index in [0.29, 0.717) is 0 Å². The lowest BCUT2D eigenvalue weighted by molar-refractivity contribution is 0.795. The van der Waals surface area contributed by atoms with Crippen molar-refractivity contribution in [1.29, 1.82) is 0 Å². The second kappa shape index (κ2) is 7.06. The topological polar surface area (TPSA) is 24.9 Å². The van der Waals surface area contributed by atoms with E-state index in [0.717, 1.165) is 26.9 Å². The predicted octanol–water partition coefficient (Wildman–Crippen LogP) is 5.69. The van der Waals surface area contributed by atoms with Crippen molar-refractivity contribution < 1.29 is 0 Å². The molecule has 0 unspecified atom stereocenters. The minimum Gasteiger partial charge on any atom is -0.339 e. The Morgan fingerprint density at radius 1 is 1.16 bits per heavy atom. The summed E-state index contributed by atoms with van der Waals surface area (Å²) in [4.78, 5) is 4.34. The molecule has 0 amide bonds. The molecule has 1 aromatic heterocycles. The van der Waals surface area contributed by atoms with Crippen molar-refractivity contribution >= 4 is 43.4 Å². The Bertz CT molecular complexity index is 538. The van der Waals surface area contributed by atoms with E-state index >= 15 is 0 Å². The lowest BCUT2D eigenvalue weighted by Gasteiger charge is -2.08. The van der Waals surface area contributed by atoms with Crippen molar-refractivity contribution in [1.82, 2.24) is 4.98 Å². The number of aryl methyl sites for hydroxylation is 1. The Balaban J connectivity index is 2.06. The molecule has 0 atom stereocenters. The summed E-state index contributed by atoms with van der Waals surface area (Å²) in [6.07, 6.45) is 5.40. The lowest BCUT2D eigenvalue weighted by atomic mass is 10.1. The highest BCUT2D eigenvalue weighted by Crippen LogP contribution is 2.26. The maximum Gasteiger partial charge on any atom is 0.144 e. The molecule has 1 heterocycles. The van der Waals surface area contributed by atoms with Crippen LogP contribution < -0.4 is 5.32 Å². The van der Waals surface area contributed by atoms with E-state index in [1.807, 2.05) is 6.07 Å². The van der Waals surface area contributed by atoms with Crippen LogP contribution in [0.1, 0.15) is 25.3 Å². The average Bonchev–Trinajstić information content (AvgIpc) is 2.41. The number of nitrogens with one attached hydrogen (secondary N) is 1. The SMILES string of the molecule is CCCCc1ccc(Nc2ncc(Br)cc2Br)cc1. The summed E-state index contributed by atoms with van der Waals surface area (Å²) >= 11 is 6.89. The number of pyridine rings is 1. The van der Waals surface area contributed by atoms with Crippen LogP contribution in [0.3, 0.4) is 0 Å². The number of aromatic nitrogens is 1. The molecule has 0 aliphatic carbocycles. The molecular formula is C15H16Br2N2. The molecule has 0 saturated carbocycles. The van der Waals surface area contributed by atoms with Gasteiger partial charge in [0.2, 0.25) is 0 Å². The zero-order valence-corrected chi connectivity index (χ0v) is 14.0. The van der Waals surface area contributed by atoms with Gasteiger partial charge in [-0.05, 0) is 68.5 Å². The van der Waals surface area contributed by atoms with Gasteiger partial charge in [0.1, 0.15) is 5.82 Å². The van der Waals surface area contributed by atoms with Crippen LogP contribution in [0.15, 0.2) is 45.5 Å². The monoisotopic (exact) mass is 382 g/mol. The van der Waals surface area contributed by atoms with Crippen molar-refractivity contribution in [2.75, 3.05) is 5.32 Å². The van der Waals surface area contributed by atoms with Crippen LogP contribution in [0.4, 0.5) is 11.5 Å².